The molecule has 4 N–H and O–H groups in total. The van der Waals surface area contributed by atoms with E-state index in [2.05, 4.69) is 37.6 Å². The third-order valence-electron chi connectivity index (χ3n) is 10.6. The number of methoxy groups -OCH3 is 2. The van der Waals surface area contributed by atoms with Crippen LogP contribution in [-0.4, -0.2) is 87.1 Å². The van der Waals surface area contributed by atoms with Gasteiger partial charge >= 0.3 is 6.03 Å². The molecular formula is C44H55N7O7S2. The third-order valence-corrected chi connectivity index (χ3v) is 13.0. The number of pyridine rings is 1. The molecule has 1 aliphatic rings. The highest BCUT2D eigenvalue weighted by molar-refractivity contribution is 7.89. The average molecular weight is 858 g/mol. The van der Waals surface area contributed by atoms with E-state index < -0.39 is 27.0 Å². The minimum atomic E-state index is -3.79. The Kier molecular flexibility index (Phi) is 13.9. The number of carbonyl (C=O) groups is 1. The summed E-state index contributed by atoms with van der Waals surface area (Å²) in [6.45, 7) is 8.66. The minimum Gasteiger partial charge on any atom is -0.495 e. The summed E-state index contributed by atoms with van der Waals surface area (Å²) in [5.74, 6) is 2.60. The predicted molar refractivity (Wildman–Crippen MR) is 241 cm³/mol. The summed E-state index contributed by atoms with van der Waals surface area (Å²) in [5.41, 5.74) is 2.70. The average Bonchev–Trinajstić information content (AvgIpc) is 3.20. The van der Waals surface area contributed by atoms with Crippen molar-refractivity contribution in [2.24, 2.45) is 5.92 Å². The van der Waals surface area contributed by atoms with Gasteiger partial charge in [0.2, 0.25) is 10.0 Å². The van der Waals surface area contributed by atoms with Crippen LogP contribution in [0, 0.1) is 5.92 Å². The number of ether oxygens (including phenoxy) is 3. The third kappa shape index (κ3) is 10.7. The van der Waals surface area contributed by atoms with Crippen LogP contribution in [-0.2, 0) is 26.4 Å². The lowest BCUT2D eigenvalue weighted by Crippen LogP contribution is -2.33. The van der Waals surface area contributed by atoms with Gasteiger partial charge in [0, 0.05) is 54.6 Å². The molecule has 1 aromatic heterocycles. The van der Waals surface area contributed by atoms with Gasteiger partial charge in [0.25, 0.3) is 0 Å². The number of sulfonamides is 1. The maximum Gasteiger partial charge on any atom is 0.323 e. The molecule has 0 spiro atoms. The fourth-order valence-electron chi connectivity index (χ4n) is 7.13. The molecule has 1 fully saturated rings. The molecule has 0 radical (unpaired) electrons. The number of aromatic nitrogens is 1. The van der Waals surface area contributed by atoms with E-state index in [-0.39, 0.29) is 16.1 Å². The van der Waals surface area contributed by atoms with E-state index in [1.54, 1.807) is 55.7 Å². The maximum absolute atomic E-state index is 13.6. The van der Waals surface area contributed by atoms with Gasteiger partial charge in [0.1, 0.15) is 38.9 Å². The van der Waals surface area contributed by atoms with E-state index in [4.69, 9.17) is 14.2 Å². The molecule has 4 aromatic carbocycles. The Labute approximate surface area is 355 Å². The lowest BCUT2D eigenvalue weighted by Gasteiger charge is -2.30. The molecule has 2 amide bonds. The van der Waals surface area contributed by atoms with Crippen molar-refractivity contribution in [2.45, 2.75) is 50.3 Å². The minimum absolute atomic E-state index is 0.0976. The molecule has 320 valence electrons. The largest absolute Gasteiger partial charge is 0.495 e. The van der Waals surface area contributed by atoms with Gasteiger partial charge < -0.3 is 39.8 Å². The first-order chi connectivity index (χ1) is 28.5. The first-order valence-corrected chi connectivity index (χ1v) is 22.7. The van der Waals surface area contributed by atoms with Crippen LogP contribution in [0.4, 0.5) is 33.4 Å². The Bertz CT molecular complexity index is 2470. The summed E-state index contributed by atoms with van der Waals surface area (Å²) < 4.78 is 61.3. The highest BCUT2D eigenvalue weighted by Gasteiger charge is 2.27. The van der Waals surface area contributed by atoms with Gasteiger partial charge in [-0.25, -0.2) is 26.7 Å². The number of nitrogens with one attached hydrogen (secondary N) is 4. The number of fused-ring (bicyclic) bond motifs is 1. The molecule has 1 unspecified atom stereocenters. The first kappa shape index (κ1) is 44.1. The van der Waals surface area contributed by atoms with Gasteiger partial charge in [-0.2, -0.15) is 0 Å². The van der Waals surface area contributed by atoms with Crippen molar-refractivity contribution < 1.29 is 31.6 Å². The van der Waals surface area contributed by atoms with Crippen molar-refractivity contribution in [3.8, 4) is 23.0 Å². The van der Waals surface area contributed by atoms with Crippen molar-refractivity contribution in [3.05, 3.63) is 90.6 Å². The number of anilines is 5. The Balaban J connectivity index is 1.16. The van der Waals surface area contributed by atoms with Gasteiger partial charge in [-0.05, 0) is 98.8 Å². The van der Waals surface area contributed by atoms with Crippen molar-refractivity contribution in [1.29, 1.82) is 0 Å². The number of hydrogen-bond donors (Lipinski definition) is 4. The van der Waals surface area contributed by atoms with E-state index >= 15 is 0 Å². The molecular weight excluding hydrogens is 803 g/mol. The molecule has 0 aliphatic carbocycles. The van der Waals surface area contributed by atoms with Crippen LogP contribution < -0.4 is 34.9 Å². The Morgan fingerprint density at radius 1 is 0.900 bits per heavy atom. The quantitative estimate of drug-likeness (QED) is 0.0801. The highest BCUT2D eigenvalue weighted by atomic mass is 32.2. The number of hydrogen-bond acceptors (Lipinski definition) is 10. The van der Waals surface area contributed by atoms with Crippen LogP contribution in [0.25, 0.3) is 10.8 Å². The summed E-state index contributed by atoms with van der Waals surface area (Å²) in [5, 5.41) is 10.6. The van der Waals surface area contributed by atoms with Gasteiger partial charge in [-0.1, -0.05) is 45.0 Å². The summed E-state index contributed by atoms with van der Waals surface area (Å²) >= 11 is 0. The summed E-state index contributed by atoms with van der Waals surface area (Å²) in [6, 6.07) is 22.7. The van der Waals surface area contributed by atoms with Crippen LogP contribution in [0.3, 0.4) is 0 Å². The van der Waals surface area contributed by atoms with Crippen LogP contribution >= 0.6 is 0 Å². The molecule has 6 rings (SSSR count). The standard InChI is InChI=1S/C44H55N7O7S2/c1-44(2,3)30-25-36(42(57-7)37(26-30)49-59(8)53)48-43(52)47-35-14-15-38(34-12-10-9-11-33(34)35)58-32-17-21-45-41(28-32)46-31-13-16-40(39(27-31)56-6)60(54,55)51(5)24-20-29-18-22-50(4)23-19-29/h9-17,21,25-29,49H,18-20,22-24H2,1-8H3,(H,45,46)(H2,47,48,52). The number of rotatable bonds is 15. The van der Waals surface area contributed by atoms with E-state index in [9.17, 15) is 17.4 Å². The smallest absolute Gasteiger partial charge is 0.323 e. The molecule has 0 saturated carbocycles. The second kappa shape index (κ2) is 18.9. The number of amides is 2. The van der Waals surface area contributed by atoms with Crippen molar-refractivity contribution in [3.63, 3.8) is 0 Å². The number of likely N-dealkylation sites (tertiary alicyclic amines) is 1. The van der Waals surface area contributed by atoms with Gasteiger partial charge in [-0.3, -0.25) is 0 Å². The van der Waals surface area contributed by atoms with Crippen molar-refractivity contribution in [2.75, 3.05) is 74.9 Å². The zero-order valence-electron chi connectivity index (χ0n) is 35.4. The number of piperidine rings is 1. The Morgan fingerprint density at radius 2 is 1.60 bits per heavy atom. The van der Waals surface area contributed by atoms with Crippen LogP contribution in [0.5, 0.6) is 23.0 Å². The summed E-state index contributed by atoms with van der Waals surface area (Å²) in [4.78, 5) is 20.4. The van der Waals surface area contributed by atoms with E-state index in [0.717, 1.165) is 48.7 Å². The molecule has 2 heterocycles. The van der Waals surface area contributed by atoms with Gasteiger partial charge in [0.15, 0.2) is 5.75 Å². The molecule has 60 heavy (non-hydrogen) atoms. The lowest BCUT2D eigenvalue weighted by molar-refractivity contribution is 0.207. The molecule has 16 heteroatoms. The zero-order valence-corrected chi connectivity index (χ0v) is 37.1. The lowest BCUT2D eigenvalue weighted by atomic mass is 9.86. The molecule has 0 bridgehead atoms. The normalized spacial score (nSPS) is 14.4. The number of benzene rings is 4. The maximum atomic E-state index is 13.6. The Hall–Kier alpha value is -5.42. The topological polar surface area (TPSA) is 163 Å². The monoisotopic (exact) mass is 857 g/mol. The molecule has 1 atom stereocenters. The Morgan fingerprint density at radius 3 is 2.28 bits per heavy atom. The van der Waals surface area contributed by atoms with Crippen LogP contribution in [0.2, 0.25) is 0 Å². The fraction of sp³-hybridized carbons (Fsp3) is 0.364. The summed E-state index contributed by atoms with van der Waals surface area (Å²) in [6.07, 6.45) is 6.10. The second-order valence-electron chi connectivity index (χ2n) is 16.0. The fourth-order valence-corrected chi connectivity index (χ4v) is 8.91. The highest BCUT2D eigenvalue weighted by Crippen LogP contribution is 2.40. The van der Waals surface area contributed by atoms with E-state index in [1.807, 2.05) is 57.2 Å². The second-order valence-corrected chi connectivity index (χ2v) is 19.1. The van der Waals surface area contributed by atoms with E-state index in [0.29, 0.717) is 58.3 Å². The van der Waals surface area contributed by atoms with Crippen LogP contribution in [0.15, 0.2) is 90.0 Å². The van der Waals surface area contributed by atoms with Crippen LogP contribution in [0.1, 0.15) is 45.6 Å². The van der Waals surface area contributed by atoms with Crippen molar-refractivity contribution in [1.82, 2.24) is 14.2 Å². The molecule has 1 saturated heterocycles. The SMILES string of the molecule is COc1cc(Nc2cc(Oc3ccc(NC(=O)Nc4cc(C(C)(C)C)cc(NS(C)=O)c4OC)c4ccccc34)ccn2)ccc1S(=O)(=O)N(C)CCC1CCN(C)CC1. The van der Waals surface area contributed by atoms with Crippen molar-refractivity contribution >= 4 is 66.4 Å². The molecule has 1 aliphatic heterocycles. The molecule has 5 aromatic rings. The predicted octanol–water partition coefficient (Wildman–Crippen LogP) is 8.79. The number of carbonyl (C=O) groups excluding carboxylic acids is 1. The zero-order chi connectivity index (χ0) is 43.2. The van der Waals surface area contributed by atoms with E-state index in [1.165, 1.54) is 24.8 Å². The first-order valence-electron chi connectivity index (χ1n) is 19.7. The molecule has 14 nitrogen and oxygen atoms in total. The number of nitrogens with zero attached hydrogens (tertiary/aromatic N) is 3. The number of urea groups is 1. The van der Waals surface area contributed by atoms with Gasteiger partial charge in [0.05, 0.1) is 31.3 Å². The summed E-state index contributed by atoms with van der Waals surface area (Å²) in [7, 11) is 1.52. The van der Waals surface area contributed by atoms with Gasteiger partial charge in [-0.15, -0.1) is 0 Å².